The number of hydrogen-bond acceptors (Lipinski definition) is 4. The van der Waals surface area contributed by atoms with Crippen molar-refractivity contribution in [2.45, 2.75) is 0 Å². The van der Waals surface area contributed by atoms with Gasteiger partial charge in [0.15, 0.2) is 0 Å². The molecule has 0 aliphatic heterocycles. The number of rotatable bonds is 4. The number of aromatic carboxylic acids is 1. The molecule has 2 rings (SSSR count). The Labute approximate surface area is 124 Å². The lowest BCUT2D eigenvalue weighted by Crippen LogP contribution is -1.99. The van der Waals surface area contributed by atoms with Gasteiger partial charge in [0.2, 0.25) is 0 Å². The van der Waals surface area contributed by atoms with Crippen molar-refractivity contribution >= 4 is 21.9 Å². The molecule has 0 saturated heterocycles. The average Bonchev–Trinajstić information content (AvgIpc) is 2.47. The van der Waals surface area contributed by atoms with Crippen LogP contribution in [0.25, 0.3) is 11.1 Å². The van der Waals surface area contributed by atoms with E-state index in [-0.39, 0.29) is 5.69 Å². The predicted molar refractivity (Wildman–Crippen MR) is 77.4 cm³/mol. The third-order valence-electron chi connectivity index (χ3n) is 2.78. The molecule has 0 saturated carbocycles. The quantitative estimate of drug-likeness (QED) is 0.927. The Kier molecular flexibility index (Phi) is 4.24. The zero-order valence-corrected chi connectivity index (χ0v) is 12.5. The van der Waals surface area contributed by atoms with Crippen molar-refractivity contribution in [1.29, 1.82) is 0 Å². The number of pyridine rings is 1. The summed E-state index contributed by atoms with van der Waals surface area (Å²) in [5, 5.41) is 8.85. The Bertz CT molecular complexity index is 640. The van der Waals surface area contributed by atoms with Crippen molar-refractivity contribution in [1.82, 2.24) is 4.98 Å². The number of carboxylic acid groups (broad SMARTS) is 1. The predicted octanol–water partition coefficient (Wildman–Crippen LogP) is 3.23. The highest BCUT2D eigenvalue weighted by Crippen LogP contribution is 2.41. The molecule has 6 heteroatoms. The number of benzene rings is 1. The van der Waals surface area contributed by atoms with Gasteiger partial charge in [-0.05, 0) is 34.1 Å². The first-order valence-electron chi connectivity index (χ1n) is 5.68. The summed E-state index contributed by atoms with van der Waals surface area (Å²) in [5.74, 6) is 0.203. The molecule has 1 N–H and O–H groups in total. The summed E-state index contributed by atoms with van der Waals surface area (Å²) in [6.07, 6.45) is 1.50. The standard InChI is InChI=1S/C14H12BrNO4/c1-19-11-6-4-9(13(20-2)12(11)15)8-3-5-10(14(17)18)16-7-8/h3-7H,1-2H3,(H,17,18). The molecular weight excluding hydrogens is 326 g/mol. The van der Waals surface area contributed by atoms with Crippen LogP contribution in [-0.2, 0) is 0 Å². The van der Waals surface area contributed by atoms with Gasteiger partial charge in [0, 0.05) is 17.3 Å². The van der Waals surface area contributed by atoms with E-state index in [4.69, 9.17) is 14.6 Å². The van der Waals surface area contributed by atoms with E-state index in [0.29, 0.717) is 16.0 Å². The first kappa shape index (κ1) is 14.3. The highest BCUT2D eigenvalue weighted by molar-refractivity contribution is 9.10. The third kappa shape index (κ3) is 2.60. The van der Waals surface area contributed by atoms with Gasteiger partial charge in [0.1, 0.15) is 21.7 Å². The highest BCUT2D eigenvalue weighted by atomic mass is 79.9. The molecule has 0 fully saturated rings. The minimum Gasteiger partial charge on any atom is -0.495 e. The van der Waals surface area contributed by atoms with E-state index in [1.54, 1.807) is 26.4 Å². The van der Waals surface area contributed by atoms with Crippen LogP contribution in [0.3, 0.4) is 0 Å². The average molecular weight is 338 g/mol. The van der Waals surface area contributed by atoms with Crippen molar-refractivity contribution in [3.63, 3.8) is 0 Å². The number of methoxy groups -OCH3 is 2. The Morgan fingerprint density at radius 2 is 1.95 bits per heavy atom. The topological polar surface area (TPSA) is 68.7 Å². The number of hydrogen-bond donors (Lipinski definition) is 1. The lowest BCUT2D eigenvalue weighted by atomic mass is 10.1. The Morgan fingerprint density at radius 1 is 1.20 bits per heavy atom. The molecule has 2 aromatic rings. The van der Waals surface area contributed by atoms with Crippen molar-refractivity contribution in [2.24, 2.45) is 0 Å². The largest absolute Gasteiger partial charge is 0.495 e. The molecule has 20 heavy (non-hydrogen) atoms. The van der Waals surface area contributed by atoms with Crippen LogP contribution in [0.5, 0.6) is 11.5 Å². The van der Waals surface area contributed by atoms with E-state index in [2.05, 4.69) is 20.9 Å². The molecule has 1 aromatic carbocycles. The molecule has 0 aliphatic rings. The molecule has 0 atom stereocenters. The van der Waals surface area contributed by atoms with Crippen molar-refractivity contribution in [3.8, 4) is 22.6 Å². The summed E-state index contributed by atoms with van der Waals surface area (Å²) in [7, 11) is 3.13. The Hall–Kier alpha value is -2.08. The molecule has 0 amide bonds. The number of halogens is 1. The van der Waals surface area contributed by atoms with Crippen LogP contribution in [0.15, 0.2) is 34.9 Å². The summed E-state index contributed by atoms with van der Waals surface area (Å²) in [5.41, 5.74) is 1.56. The second-order valence-corrected chi connectivity index (χ2v) is 4.69. The lowest BCUT2D eigenvalue weighted by Gasteiger charge is -2.13. The van der Waals surface area contributed by atoms with E-state index in [1.807, 2.05) is 6.07 Å². The number of nitrogens with zero attached hydrogens (tertiary/aromatic N) is 1. The molecular formula is C14H12BrNO4. The number of carbonyl (C=O) groups is 1. The van der Waals surface area contributed by atoms with E-state index >= 15 is 0 Å². The van der Waals surface area contributed by atoms with Gasteiger partial charge in [-0.1, -0.05) is 6.07 Å². The van der Waals surface area contributed by atoms with Gasteiger partial charge in [0.05, 0.1) is 14.2 Å². The maximum absolute atomic E-state index is 10.8. The van der Waals surface area contributed by atoms with Crippen LogP contribution in [0.4, 0.5) is 0 Å². The summed E-state index contributed by atoms with van der Waals surface area (Å²) < 4.78 is 11.3. The third-order valence-corrected chi connectivity index (χ3v) is 3.53. The first-order valence-corrected chi connectivity index (χ1v) is 6.48. The Morgan fingerprint density at radius 3 is 2.45 bits per heavy atom. The van der Waals surface area contributed by atoms with Crippen molar-refractivity contribution in [3.05, 3.63) is 40.6 Å². The summed E-state index contributed by atoms with van der Waals surface area (Å²) >= 11 is 3.42. The highest BCUT2D eigenvalue weighted by Gasteiger charge is 2.15. The van der Waals surface area contributed by atoms with Crippen LogP contribution in [0.1, 0.15) is 10.5 Å². The molecule has 0 aliphatic carbocycles. The molecule has 0 unspecified atom stereocenters. The fraction of sp³-hybridized carbons (Fsp3) is 0.143. The molecule has 5 nitrogen and oxygen atoms in total. The zero-order valence-electron chi connectivity index (χ0n) is 10.9. The summed E-state index contributed by atoms with van der Waals surface area (Å²) in [4.78, 5) is 14.7. The number of carboxylic acids is 1. The lowest BCUT2D eigenvalue weighted by molar-refractivity contribution is 0.0690. The van der Waals surface area contributed by atoms with Crippen LogP contribution >= 0.6 is 15.9 Å². The molecule has 0 bridgehead atoms. The number of aromatic nitrogens is 1. The minimum absolute atomic E-state index is 0.000272. The second-order valence-electron chi connectivity index (χ2n) is 3.90. The van der Waals surface area contributed by atoms with Gasteiger partial charge in [0.25, 0.3) is 0 Å². The second kappa shape index (κ2) is 5.92. The number of ether oxygens (including phenoxy) is 2. The molecule has 1 heterocycles. The summed E-state index contributed by atoms with van der Waals surface area (Å²) in [6.45, 7) is 0. The van der Waals surface area contributed by atoms with Crippen molar-refractivity contribution < 1.29 is 19.4 Å². The maximum Gasteiger partial charge on any atom is 0.354 e. The van der Waals surface area contributed by atoms with E-state index in [1.165, 1.54) is 12.3 Å². The van der Waals surface area contributed by atoms with Gasteiger partial charge < -0.3 is 14.6 Å². The van der Waals surface area contributed by atoms with Crippen molar-refractivity contribution in [2.75, 3.05) is 14.2 Å². The van der Waals surface area contributed by atoms with Gasteiger partial charge >= 0.3 is 5.97 Å². The smallest absolute Gasteiger partial charge is 0.354 e. The van der Waals surface area contributed by atoms with Gasteiger partial charge in [-0.15, -0.1) is 0 Å². The van der Waals surface area contributed by atoms with Crippen LogP contribution in [-0.4, -0.2) is 30.3 Å². The fourth-order valence-corrected chi connectivity index (χ4v) is 2.47. The van der Waals surface area contributed by atoms with Gasteiger partial charge in [-0.2, -0.15) is 0 Å². The van der Waals surface area contributed by atoms with Gasteiger partial charge in [-0.3, -0.25) is 0 Å². The molecule has 0 radical (unpaired) electrons. The monoisotopic (exact) mass is 337 g/mol. The molecule has 0 spiro atoms. The van der Waals surface area contributed by atoms with Crippen LogP contribution in [0.2, 0.25) is 0 Å². The fourth-order valence-electron chi connectivity index (χ4n) is 1.80. The van der Waals surface area contributed by atoms with E-state index in [0.717, 1.165) is 11.1 Å². The zero-order chi connectivity index (χ0) is 14.7. The normalized spacial score (nSPS) is 10.2. The first-order chi connectivity index (χ1) is 9.58. The summed E-state index contributed by atoms with van der Waals surface area (Å²) in [6, 6.07) is 6.77. The SMILES string of the molecule is COc1ccc(-c2ccc(C(=O)O)nc2)c(OC)c1Br. The van der Waals surface area contributed by atoms with Crippen LogP contribution < -0.4 is 9.47 Å². The van der Waals surface area contributed by atoms with Gasteiger partial charge in [-0.25, -0.2) is 9.78 Å². The van der Waals surface area contributed by atoms with E-state index in [9.17, 15) is 4.79 Å². The molecule has 1 aromatic heterocycles. The minimum atomic E-state index is -1.06. The Balaban J connectivity index is 2.52. The van der Waals surface area contributed by atoms with Crippen LogP contribution in [0, 0.1) is 0 Å². The maximum atomic E-state index is 10.8. The molecule has 104 valence electrons. The van der Waals surface area contributed by atoms with E-state index < -0.39 is 5.97 Å².